The minimum atomic E-state index is 0.404. The summed E-state index contributed by atoms with van der Waals surface area (Å²) >= 11 is 6.14. The molecule has 2 nitrogen and oxygen atoms in total. The summed E-state index contributed by atoms with van der Waals surface area (Å²) in [7, 11) is 0. The highest BCUT2D eigenvalue weighted by atomic mass is 35.5. The highest BCUT2D eigenvalue weighted by molar-refractivity contribution is 6.30. The van der Waals surface area contributed by atoms with Crippen molar-refractivity contribution in [2.75, 3.05) is 26.2 Å². The second-order valence-corrected chi connectivity index (χ2v) is 7.10. The van der Waals surface area contributed by atoms with E-state index >= 15 is 0 Å². The van der Waals surface area contributed by atoms with Gasteiger partial charge in [0.05, 0.1) is 0 Å². The van der Waals surface area contributed by atoms with Crippen LogP contribution in [-0.4, -0.2) is 31.1 Å². The molecule has 1 N–H and O–H groups in total. The predicted molar refractivity (Wildman–Crippen MR) is 91.9 cm³/mol. The van der Waals surface area contributed by atoms with Crippen LogP contribution in [0.3, 0.4) is 0 Å². The fourth-order valence-corrected chi connectivity index (χ4v) is 3.84. The van der Waals surface area contributed by atoms with Gasteiger partial charge in [0.1, 0.15) is 0 Å². The Morgan fingerprint density at radius 1 is 1.29 bits per heavy atom. The van der Waals surface area contributed by atoms with Crippen LogP contribution in [-0.2, 0) is 0 Å². The highest BCUT2D eigenvalue weighted by Gasteiger charge is 2.22. The number of nitrogens with zero attached hydrogens (tertiary/aromatic N) is 1. The molecular weight excluding hydrogens is 280 g/mol. The zero-order chi connectivity index (χ0) is 15.2. The van der Waals surface area contributed by atoms with Gasteiger partial charge in [-0.2, -0.15) is 0 Å². The van der Waals surface area contributed by atoms with Crippen LogP contribution in [0.15, 0.2) is 24.3 Å². The standard InChI is InChI=1S/C18H29ClN2/c1-4-20-18(16-6-5-7-17(19)11-16)8-9-21-12-14(2)10-15(3)13-21/h5-7,11,14-15,18,20H,4,8-10,12-13H2,1-3H3. The van der Waals surface area contributed by atoms with Crippen molar-refractivity contribution in [3.05, 3.63) is 34.9 Å². The van der Waals surface area contributed by atoms with E-state index in [9.17, 15) is 0 Å². The molecule has 0 aromatic heterocycles. The van der Waals surface area contributed by atoms with Gasteiger partial charge >= 0.3 is 0 Å². The van der Waals surface area contributed by atoms with E-state index in [1.807, 2.05) is 12.1 Å². The van der Waals surface area contributed by atoms with Crippen LogP contribution in [0.4, 0.5) is 0 Å². The lowest BCUT2D eigenvalue weighted by atomic mass is 9.91. The van der Waals surface area contributed by atoms with Gasteiger partial charge in [-0.3, -0.25) is 0 Å². The molecule has 1 aliphatic rings. The second kappa shape index (κ2) is 8.17. The largest absolute Gasteiger partial charge is 0.310 e. The predicted octanol–water partition coefficient (Wildman–Crippen LogP) is 4.36. The zero-order valence-electron chi connectivity index (χ0n) is 13.6. The molecule has 1 aromatic carbocycles. The molecule has 3 atom stereocenters. The average molecular weight is 309 g/mol. The number of rotatable bonds is 6. The van der Waals surface area contributed by atoms with Gasteiger partial charge in [0.25, 0.3) is 0 Å². The van der Waals surface area contributed by atoms with Crippen LogP contribution in [0.5, 0.6) is 0 Å². The van der Waals surface area contributed by atoms with Crippen molar-refractivity contribution in [2.45, 2.75) is 39.7 Å². The first-order valence-electron chi connectivity index (χ1n) is 8.29. The van der Waals surface area contributed by atoms with Crippen molar-refractivity contribution < 1.29 is 0 Å². The number of benzene rings is 1. The Hall–Kier alpha value is -0.570. The molecule has 2 rings (SSSR count). The van der Waals surface area contributed by atoms with E-state index in [-0.39, 0.29) is 0 Å². The number of piperidine rings is 1. The molecule has 0 aliphatic carbocycles. The molecule has 0 radical (unpaired) electrons. The van der Waals surface area contributed by atoms with Crippen LogP contribution in [0.1, 0.15) is 45.2 Å². The molecule has 0 saturated carbocycles. The number of nitrogens with one attached hydrogen (secondary N) is 1. The summed E-state index contributed by atoms with van der Waals surface area (Å²) in [5.41, 5.74) is 1.31. The molecule has 1 aromatic rings. The Bertz CT molecular complexity index is 425. The molecule has 3 heteroatoms. The number of hydrogen-bond acceptors (Lipinski definition) is 2. The molecule has 118 valence electrons. The smallest absolute Gasteiger partial charge is 0.0409 e. The monoisotopic (exact) mass is 308 g/mol. The summed E-state index contributed by atoms with van der Waals surface area (Å²) in [6.07, 6.45) is 2.52. The number of hydrogen-bond donors (Lipinski definition) is 1. The third kappa shape index (κ3) is 5.28. The molecular formula is C18H29ClN2. The third-order valence-electron chi connectivity index (χ3n) is 4.38. The lowest BCUT2D eigenvalue weighted by molar-refractivity contribution is 0.135. The van der Waals surface area contributed by atoms with Crippen molar-refractivity contribution in [2.24, 2.45) is 11.8 Å². The molecule has 1 heterocycles. The molecule has 3 unspecified atom stereocenters. The number of halogens is 1. The molecule has 1 saturated heterocycles. The molecule has 21 heavy (non-hydrogen) atoms. The van der Waals surface area contributed by atoms with Crippen LogP contribution in [0.25, 0.3) is 0 Å². The first-order valence-corrected chi connectivity index (χ1v) is 8.67. The average Bonchev–Trinajstić information content (AvgIpc) is 2.42. The Kier molecular flexibility index (Phi) is 6.53. The van der Waals surface area contributed by atoms with Gasteiger partial charge in [-0.1, -0.05) is 44.5 Å². The quantitative estimate of drug-likeness (QED) is 0.840. The van der Waals surface area contributed by atoms with E-state index in [0.29, 0.717) is 6.04 Å². The van der Waals surface area contributed by atoms with Crippen LogP contribution < -0.4 is 5.32 Å². The van der Waals surface area contributed by atoms with E-state index < -0.39 is 0 Å². The van der Waals surface area contributed by atoms with Crippen molar-refractivity contribution in [3.8, 4) is 0 Å². The SMILES string of the molecule is CCNC(CCN1CC(C)CC(C)C1)c1cccc(Cl)c1. The van der Waals surface area contributed by atoms with Gasteiger partial charge in [0.15, 0.2) is 0 Å². The summed E-state index contributed by atoms with van der Waals surface area (Å²) in [4.78, 5) is 2.63. The first kappa shape index (κ1) is 16.8. The molecule has 0 bridgehead atoms. The van der Waals surface area contributed by atoms with Crippen LogP contribution >= 0.6 is 11.6 Å². The van der Waals surface area contributed by atoms with Crippen LogP contribution in [0, 0.1) is 11.8 Å². The van der Waals surface area contributed by atoms with E-state index in [1.165, 1.54) is 31.6 Å². The molecule has 0 amide bonds. The molecule has 1 fully saturated rings. The summed E-state index contributed by atoms with van der Waals surface area (Å²) in [5.74, 6) is 1.66. The van der Waals surface area contributed by atoms with Gasteiger partial charge in [0, 0.05) is 24.2 Å². The minimum Gasteiger partial charge on any atom is -0.310 e. The van der Waals surface area contributed by atoms with E-state index in [1.54, 1.807) is 0 Å². The van der Waals surface area contributed by atoms with Gasteiger partial charge in [-0.25, -0.2) is 0 Å². The summed E-state index contributed by atoms with van der Waals surface area (Å²) in [6.45, 7) is 11.6. The zero-order valence-corrected chi connectivity index (χ0v) is 14.4. The van der Waals surface area contributed by atoms with Crippen molar-refractivity contribution in [1.29, 1.82) is 0 Å². The van der Waals surface area contributed by atoms with E-state index in [2.05, 4.69) is 43.1 Å². The van der Waals surface area contributed by atoms with Crippen molar-refractivity contribution in [1.82, 2.24) is 10.2 Å². The summed E-state index contributed by atoms with van der Waals surface area (Å²) < 4.78 is 0. The minimum absolute atomic E-state index is 0.404. The van der Waals surface area contributed by atoms with Crippen molar-refractivity contribution in [3.63, 3.8) is 0 Å². The lowest BCUT2D eigenvalue weighted by Crippen LogP contribution is -2.40. The fourth-order valence-electron chi connectivity index (χ4n) is 3.64. The lowest BCUT2D eigenvalue weighted by Gasteiger charge is -2.35. The molecule has 0 spiro atoms. The van der Waals surface area contributed by atoms with E-state index in [4.69, 9.17) is 11.6 Å². The van der Waals surface area contributed by atoms with Gasteiger partial charge < -0.3 is 10.2 Å². The molecule has 1 aliphatic heterocycles. The Balaban J connectivity index is 1.94. The van der Waals surface area contributed by atoms with E-state index in [0.717, 1.165) is 29.8 Å². The number of likely N-dealkylation sites (tertiary alicyclic amines) is 1. The Morgan fingerprint density at radius 2 is 2.00 bits per heavy atom. The fraction of sp³-hybridized carbons (Fsp3) is 0.667. The maximum absolute atomic E-state index is 6.14. The van der Waals surface area contributed by atoms with Crippen molar-refractivity contribution >= 4 is 11.6 Å². The Labute approximate surface area is 134 Å². The summed E-state index contributed by atoms with van der Waals surface area (Å²) in [6, 6.07) is 8.67. The summed E-state index contributed by atoms with van der Waals surface area (Å²) in [5, 5.41) is 4.43. The first-order chi connectivity index (χ1) is 10.1. The van der Waals surface area contributed by atoms with Crippen LogP contribution in [0.2, 0.25) is 5.02 Å². The van der Waals surface area contributed by atoms with Gasteiger partial charge in [0.2, 0.25) is 0 Å². The van der Waals surface area contributed by atoms with Gasteiger partial charge in [-0.05, 0) is 55.5 Å². The topological polar surface area (TPSA) is 15.3 Å². The normalized spacial score (nSPS) is 25.0. The maximum atomic E-state index is 6.14. The second-order valence-electron chi connectivity index (χ2n) is 6.66. The van der Waals surface area contributed by atoms with Gasteiger partial charge in [-0.15, -0.1) is 0 Å². The maximum Gasteiger partial charge on any atom is 0.0409 e. The highest BCUT2D eigenvalue weighted by Crippen LogP contribution is 2.24. The Morgan fingerprint density at radius 3 is 2.62 bits per heavy atom. The third-order valence-corrected chi connectivity index (χ3v) is 4.62.